The maximum Gasteiger partial charge on any atom is 0.411 e. The van der Waals surface area contributed by atoms with Gasteiger partial charge in [0.25, 0.3) is 0 Å². The van der Waals surface area contributed by atoms with Gasteiger partial charge in [-0.05, 0) is 34.1 Å². The normalized spacial score (nSPS) is 9.46. The van der Waals surface area contributed by atoms with E-state index in [0.717, 1.165) is 0 Å². The number of hydrogen-bond acceptors (Lipinski definition) is 2. The zero-order valence-electron chi connectivity index (χ0n) is 6.80. The van der Waals surface area contributed by atoms with Gasteiger partial charge in [0.1, 0.15) is 5.82 Å². The number of carbonyl (C=O) groups is 1. The SMILES string of the molecule is COC(=O)Nc1ccc(F)c(Br)c1. The molecule has 0 aromatic heterocycles. The highest BCUT2D eigenvalue weighted by Gasteiger charge is 2.03. The summed E-state index contributed by atoms with van der Waals surface area (Å²) in [7, 11) is 1.26. The Hall–Kier alpha value is -1.10. The predicted molar refractivity (Wildman–Crippen MR) is 50.1 cm³/mol. The van der Waals surface area contributed by atoms with Crippen LogP contribution in [-0.2, 0) is 4.74 Å². The molecule has 3 nitrogen and oxygen atoms in total. The van der Waals surface area contributed by atoms with Crippen LogP contribution in [0.2, 0.25) is 0 Å². The van der Waals surface area contributed by atoms with Crippen molar-refractivity contribution in [1.29, 1.82) is 0 Å². The van der Waals surface area contributed by atoms with E-state index in [4.69, 9.17) is 0 Å². The minimum atomic E-state index is -0.585. The van der Waals surface area contributed by atoms with E-state index in [-0.39, 0.29) is 5.82 Å². The molecule has 0 saturated heterocycles. The van der Waals surface area contributed by atoms with E-state index < -0.39 is 6.09 Å². The number of ether oxygens (including phenoxy) is 1. The highest BCUT2D eigenvalue weighted by molar-refractivity contribution is 9.10. The molecular formula is C8H7BrFNO2. The first kappa shape index (κ1) is 9.98. The number of anilines is 1. The van der Waals surface area contributed by atoms with Crippen molar-refractivity contribution in [2.75, 3.05) is 12.4 Å². The smallest absolute Gasteiger partial charge is 0.411 e. The number of amides is 1. The van der Waals surface area contributed by atoms with Crippen LogP contribution in [0.15, 0.2) is 22.7 Å². The standard InChI is InChI=1S/C8H7BrFNO2/c1-13-8(12)11-5-2-3-7(10)6(9)4-5/h2-4H,1H3,(H,11,12). The minimum absolute atomic E-state index is 0.293. The van der Waals surface area contributed by atoms with Gasteiger partial charge in [-0.1, -0.05) is 0 Å². The molecule has 0 radical (unpaired) electrons. The summed E-state index contributed by atoms with van der Waals surface area (Å²) in [5.74, 6) is -0.379. The summed E-state index contributed by atoms with van der Waals surface area (Å²) >= 11 is 2.99. The predicted octanol–water partition coefficient (Wildman–Crippen LogP) is 2.77. The van der Waals surface area contributed by atoms with Crippen LogP contribution in [0.25, 0.3) is 0 Å². The average Bonchev–Trinajstić information content (AvgIpc) is 2.11. The quantitative estimate of drug-likeness (QED) is 0.829. The fourth-order valence-corrected chi connectivity index (χ4v) is 1.12. The molecule has 5 heteroatoms. The van der Waals surface area contributed by atoms with Crippen LogP contribution >= 0.6 is 15.9 Å². The Morgan fingerprint density at radius 2 is 2.31 bits per heavy atom. The molecule has 1 aromatic rings. The Morgan fingerprint density at radius 1 is 1.62 bits per heavy atom. The molecule has 0 aliphatic carbocycles. The lowest BCUT2D eigenvalue weighted by Gasteiger charge is -2.03. The summed E-state index contributed by atoms with van der Waals surface area (Å²) in [6.07, 6.45) is -0.585. The average molecular weight is 248 g/mol. The molecule has 0 spiro atoms. The molecule has 13 heavy (non-hydrogen) atoms. The van der Waals surface area contributed by atoms with Gasteiger partial charge in [0.2, 0.25) is 0 Å². The van der Waals surface area contributed by atoms with Gasteiger partial charge in [0.05, 0.1) is 11.6 Å². The molecule has 0 bridgehead atoms. The molecule has 0 heterocycles. The third-order valence-corrected chi connectivity index (χ3v) is 1.96. The minimum Gasteiger partial charge on any atom is -0.453 e. The van der Waals surface area contributed by atoms with Crippen molar-refractivity contribution in [1.82, 2.24) is 0 Å². The number of methoxy groups -OCH3 is 1. The summed E-state index contributed by atoms with van der Waals surface area (Å²) in [5.41, 5.74) is 0.472. The van der Waals surface area contributed by atoms with Gasteiger partial charge in [0, 0.05) is 5.69 Å². The van der Waals surface area contributed by atoms with Crippen molar-refractivity contribution in [2.45, 2.75) is 0 Å². The summed E-state index contributed by atoms with van der Waals surface area (Å²) in [6.45, 7) is 0. The van der Waals surface area contributed by atoms with Crippen molar-refractivity contribution in [2.24, 2.45) is 0 Å². The monoisotopic (exact) mass is 247 g/mol. The Bertz CT molecular complexity index is 330. The van der Waals surface area contributed by atoms with Crippen molar-refractivity contribution in [3.8, 4) is 0 Å². The van der Waals surface area contributed by atoms with Gasteiger partial charge in [-0.2, -0.15) is 0 Å². The van der Waals surface area contributed by atoms with E-state index in [1.165, 1.54) is 25.3 Å². The largest absolute Gasteiger partial charge is 0.453 e. The maximum atomic E-state index is 12.7. The van der Waals surface area contributed by atoms with Crippen molar-refractivity contribution in [3.63, 3.8) is 0 Å². The lowest BCUT2D eigenvalue weighted by Crippen LogP contribution is -2.10. The highest BCUT2D eigenvalue weighted by atomic mass is 79.9. The Morgan fingerprint density at radius 3 is 2.85 bits per heavy atom. The molecule has 1 rings (SSSR count). The van der Waals surface area contributed by atoms with E-state index >= 15 is 0 Å². The zero-order chi connectivity index (χ0) is 9.84. The van der Waals surface area contributed by atoms with Crippen LogP contribution in [0.3, 0.4) is 0 Å². The summed E-state index contributed by atoms with van der Waals surface area (Å²) in [6, 6.07) is 4.14. The topological polar surface area (TPSA) is 38.3 Å². The van der Waals surface area contributed by atoms with Gasteiger partial charge in [-0.25, -0.2) is 9.18 Å². The van der Waals surface area contributed by atoms with Crippen LogP contribution in [0, 0.1) is 5.82 Å². The number of halogens is 2. The van der Waals surface area contributed by atoms with Gasteiger partial charge in [-0.3, -0.25) is 5.32 Å². The van der Waals surface area contributed by atoms with E-state index in [9.17, 15) is 9.18 Å². The fraction of sp³-hybridized carbons (Fsp3) is 0.125. The van der Waals surface area contributed by atoms with Crippen LogP contribution in [0.5, 0.6) is 0 Å². The first-order valence-electron chi connectivity index (χ1n) is 3.43. The van der Waals surface area contributed by atoms with Crippen LogP contribution in [-0.4, -0.2) is 13.2 Å². The zero-order valence-corrected chi connectivity index (χ0v) is 8.39. The highest BCUT2D eigenvalue weighted by Crippen LogP contribution is 2.19. The molecule has 1 amide bonds. The van der Waals surface area contributed by atoms with Crippen molar-refractivity contribution in [3.05, 3.63) is 28.5 Å². The van der Waals surface area contributed by atoms with E-state index in [2.05, 4.69) is 26.0 Å². The number of benzene rings is 1. The van der Waals surface area contributed by atoms with Crippen molar-refractivity contribution >= 4 is 27.7 Å². The molecule has 0 unspecified atom stereocenters. The van der Waals surface area contributed by atoms with Crippen LogP contribution < -0.4 is 5.32 Å². The molecule has 70 valence electrons. The molecule has 0 aliphatic rings. The van der Waals surface area contributed by atoms with E-state index in [1.807, 2.05) is 0 Å². The summed E-state index contributed by atoms with van der Waals surface area (Å²) in [5, 5.41) is 2.40. The second-order valence-corrected chi connectivity index (χ2v) is 3.10. The first-order chi connectivity index (χ1) is 6.13. The third-order valence-electron chi connectivity index (χ3n) is 1.35. The number of nitrogens with one attached hydrogen (secondary N) is 1. The lowest BCUT2D eigenvalue weighted by atomic mass is 10.3. The number of rotatable bonds is 1. The molecule has 0 fully saturated rings. The van der Waals surface area contributed by atoms with Gasteiger partial charge in [0.15, 0.2) is 0 Å². The molecule has 1 N–H and O–H groups in total. The number of carbonyl (C=O) groups excluding carboxylic acids is 1. The Labute approximate surface area is 83.0 Å². The van der Waals surface area contributed by atoms with E-state index in [0.29, 0.717) is 10.2 Å². The summed E-state index contributed by atoms with van der Waals surface area (Å²) < 4.78 is 17.4. The van der Waals surface area contributed by atoms with Gasteiger partial charge >= 0.3 is 6.09 Å². The van der Waals surface area contributed by atoms with E-state index in [1.54, 1.807) is 0 Å². The van der Waals surface area contributed by atoms with Crippen LogP contribution in [0.4, 0.5) is 14.9 Å². The van der Waals surface area contributed by atoms with Crippen molar-refractivity contribution < 1.29 is 13.9 Å². The molecule has 0 saturated carbocycles. The van der Waals surface area contributed by atoms with Gasteiger partial charge < -0.3 is 4.74 Å². The Balaban J connectivity index is 2.79. The summed E-state index contributed by atoms with van der Waals surface area (Å²) in [4.78, 5) is 10.7. The third kappa shape index (κ3) is 2.69. The van der Waals surface area contributed by atoms with Gasteiger partial charge in [-0.15, -0.1) is 0 Å². The molecule has 0 aliphatic heterocycles. The second-order valence-electron chi connectivity index (χ2n) is 2.25. The fourth-order valence-electron chi connectivity index (χ4n) is 0.743. The second kappa shape index (κ2) is 4.23. The van der Waals surface area contributed by atoms with Crippen LogP contribution in [0.1, 0.15) is 0 Å². The molecular weight excluding hydrogens is 241 g/mol. The molecule has 0 atom stereocenters. The number of hydrogen-bond donors (Lipinski definition) is 1. The molecule has 1 aromatic carbocycles. The first-order valence-corrected chi connectivity index (χ1v) is 4.23. The Kier molecular flexibility index (Phi) is 3.25. The maximum absolute atomic E-state index is 12.7. The lowest BCUT2D eigenvalue weighted by molar-refractivity contribution is 0.187.